The molecule has 3 nitrogen and oxygen atoms in total. The Kier molecular flexibility index (Phi) is 6.52. The summed E-state index contributed by atoms with van der Waals surface area (Å²) in [5, 5.41) is 3.03. The molecule has 0 radical (unpaired) electrons. The van der Waals surface area contributed by atoms with Crippen molar-refractivity contribution in [2.45, 2.75) is 69.4 Å². The predicted molar refractivity (Wildman–Crippen MR) is 110 cm³/mol. The highest BCUT2D eigenvalue weighted by molar-refractivity contribution is 5.42. The van der Waals surface area contributed by atoms with E-state index < -0.39 is 12.6 Å². The fourth-order valence-electron chi connectivity index (χ4n) is 4.34. The quantitative estimate of drug-likeness (QED) is 0.624. The van der Waals surface area contributed by atoms with Gasteiger partial charge in [-0.05, 0) is 67.9 Å². The maximum atomic E-state index is 12.3. The lowest BCUT2D eigenvalue weighted by Crippen LogP contribution is -2.37. The number of rotatable bonds is 6. The molecule has 0 aromatic heterocycles. The fourth-order valence-corrected chi connectivity index (χ4v) is 4.34. The van der Waals surface area contributed by atoms with Crippen LogP contribution >= 0.6 is 0 Å². The van der Waals surface area contributed by atoms with E-state index in [0.29, 0.717) is 0 Å². The summed E-state index contributed by atoms with van der Waals surface area (Å²) in [5.41, 5.74) is 2.37. The van der Waals surface area contributed by atoms with E-state index in [9.17, 15) is 13.2 Å². The summed E-state index contributed by atoms with van der Waals surface area (Å²) in [7, 11) is 0. The van der Waals surface area contributed by atoms with E-state index in [0.717, 1.165) is 50.0 Å². The van der Waals surface area contributed by atoms with Gasteiger partial charge in [0.15, 0.2) is 0 Å². The van der Waals surface area contributed by atoms with Gasteiger partial charge in [-0.2, -0.15) is 13.2 Å². The average Bonchev–Trinajstić information content (AvgIpc) is 2.74. The number of benzene rings is 2. The first kappa shape index (κ1) is 21.0. The van der Waals surface area contributed by atoms with Crippen LogP contribution < -0.4 is 14.8 Å². The van der Waals surface area contributed by atoms with Gasteiger partial charge in [0.2, 0.25) is 0 Å². The minimum absolute atomic E-state index is 0.00547. The van der Waals surface area contributed by atoms with E-state index in [-0.39, 0.29) is 24.8 Å². The van der Waals surface area contributed by atoms with Gasteiger partial charge >= 0.3 is 6.18 Å². The van der Waals surface area contributed by atoms with Crippen LogP contribution in [0.1, 0.15) is 55.8 Å². The molecule has 6 heteroatoms. The Morgan fingerprint density at radius 3 is 2.47 bits per heavy atom. The molecule has 0 saturated heterocycles. The molecule has 0 bridgehead atoms. The normalized spacial score (nSPS) is 24.0. The second-order valence-corrected chi connectivity index (χ2v) is 8.24. The molecule has 1 fully saturated rings. The Bertz CT molecular complexity index is 817. The number of nitrogens with one attached hydrogen (secondary N) is 1. The first-order valence-corrected chi connectivity index (χ1v) is 10.8. The first-order chi connectivity index (χ1) is 14.5. The maximum Gasteiger partial charge on any atom is 0.390 e. The molecule has 162 valence electrons. The van der Waals surface area contributed by atoms with E-state index in [1.807, 2.05) is 30.3 Å². The monoisotopic (exact) mass is 419 g/mol. The topological polar surface area (TPSA) is 30.5 Å². The Morgan fingerprint density at radius 1 is 0.967 bits per heavy atom. The van der Waals surface area contributed by atoms with Crippen molar-refractivity contribution >= 4 is 0 Å². The van der Waals surface area contributed by atoms with Gasteiger partial charge in [0.1, 0.15) is 17.6 Å². The molecule has 2 aliphatic rings. The van der Waals surface area contributed by atoms with Gasteiger partial charge in [-0.15, -0.1) is 0 Å². The van der Waals surface area contributed by atoms with E-state index in [4.69, 9.17) is 9.47 Å². The highest BCUT2D eigenvalue weighted by Crippen LogP contribution is 2.37. The molecule has 4 rings (SSSR count). The molecular formula is C24H28F3NO2. The average molecular weight is 419 g/mol. The van der Waals surface area contributed by atoms with Gasteiger partial charge < -0.3 is 14.8 Å². The van der Waals surface area contributed by atoms with Gasteiger partial charge in [0.05, 0.1) is 12.5 Å². The number of hydrogen-bond acceptors (Lipinski definition) is 3. The number of alkyl halides is 3. The Balaban J connectivity index is 1.26. The minimum Gasteiger partial charge on any atom is -0.490 e. The maximum absolute atomic E-state index is 12.3. The highest BCUT2D eigenvalue weighted by atomic mass is 19.4. The van der Waals surface area contributed by atoms with Crippen LogP contribution in [0.5, 0.6) is 11.5 Å². The molecule has 2 aromatic carbocycles. The zero-order valence-corrected chi connectivity index (χ0v) is 17.0. The summed E-state index contributed by atoms with van der Waals surface area (Å²) in [4.78, 5) is 0. The molecule has 1 N–H and O–H groups in total. The molecule has 2 aromatic rings. The third-order valence-electron chi connectivity index (χ3n) is 5.97. The summed E-state index contributed by atoms with van der Waals surface area (Å²) in [6.07, 6.45) is 0.620. The van der Waals surface area contributed by atoms with Crippen molar-refractivity contribution in [1.29, 1.82) is 0 Å². The lowest BCUT2D eigenvalue weighted by molar-refractivity contribution is -0.133. The largest absolute Gasteiger partial charge is 0.490 e. The van der Waals surface area contributed by atoms with Gasteiger partial charge in [0.25, 0.3) is 0 Å². The van der Waals surface area contributed by atoms with Crippen molar-refractivity contribution in [3.63, 3.8) is 0 Å². The number of halogens is 3. The van der Waals surface area contributed by atoms with Crippen LogP contribution in [0.2, 0.25) is 0 Å². The van der Waals surface area contributed by atoms with Gasteiger partial charge in [-0.3, -0.25) is 0 Å². The zero-order chi connectivity index (χ0) is 21.0. The standard InChI is InChI=1S/C24H28F3NO2/c25-24(26,27)14-15-28-19-7-9-20(10-8-19)29-21-11-13-23-18(16-21)6-12-22(30-23)17-4-2-1-3-5-17/h1-5,11,13,16,19-20,22,28H,6-10,12,14-15H2. The van der Waals surface area contributed by atoms with E-state index in [1.165, 1.54) is 11.1 Å². The van der Waals surface area contributed by atoms with Crippen LogP contribution in [0.15, 0.2) is 48.5 Å². The number of aryl methyl sites for hydroxylation is 1. The van der Waals surface area contributed by atoms with Gasteiger partial charge in [-0.1, -0.05) is 30.3 Å². The second kappa shape index (κ2) is 9.29. The van der Waals surface area contributed by atoms with E-state index in [2.05, 4.69) is 23.5 Å². The summed E-state index contributed by atoms with van der Waals surface area (Å²) in [6, 6.07) is 16.4. The van der Waals surface area contributed by atoms with E-state index >= 15 is 0 Å². The Labute approximate surface area is 175 Å². The van der Waals surface area contributed by atoms with E-state index in [1.54, 1.807) is 0 Å². The van der Waals surface area contributed by atoms with Crippen molar-refractivity contribution < 1.29 is 22.6 Å². The van der Waals surface area contributed by atoms with Crippen molar-refractivity contribution in [2.24, 2.45) is 0 Å². The van der Waals surface area contributed by atoms with Gasteiger partial charge in [-0.25, -0.2) is 0 Å². The summed E-state index contributed by atoms with van der Waals surface area (Å²) >= 11 is 0. The fraction of sp³-hybridized carbons (Fsp3) is 0.500. The predicted octanol–water partition coefficient (Wildman–Crippen LogP) is 5.98. The molecule has 0 amide bonds. The lowest BCUT2D eigenvalue weighted by Gasteiger charge is -2.30. The molecule has 1 aliphatic heterocycles. The van der Waals surface area contributed by atoms with Crippen LogP contribution in [-0.2, 0) is 6.42 Å². The van der Waals surface area contributed by atoms with Gasteiger partial charge in [0, 0.05) is 12.6 Å². The van der Waals surface area contributed by atoms with Crippen LogP contribution in [0, 0.1) is 0 Å². The summed E-state index contributed by atoms with van der Waals surface area (Å²) in [5.74, 6) is 1.77. The molecule has 30 heavy (non-hydrogen) atoms. The third kappa shape index (κ3) is 5.69. The van der Waals surface area contributed by atoms with Crippen molar-refractivity contribution in [2.75, 3.05) is 6.54 Å². The number of ether oxygens (including phenoxy) is 2. The van der Waals surface area contributed by atoms with Crippen molar-refractivity contribution in [3.05, 3.63) is 59.7 Å². The van der Waals surface area contributed by atoms with Crippen molar-refractivity contribution in [3.8, 4) is 11.5 Å². The Morgan fingerprint density at radius 2 is 1.73 bits per heavy atom. The first-order valence-electron chi connectivity index (χ1n) is 10.8. The molecular weight excluding hydrogens is 391 g/mol. The van der Waals surface area contributed by atoms with Crippen LogP contribution in [0.4, 0.5) is 13.2 Å². The van der Waals surface area contributed by atoms with Crippen LogP contribution in [0.25, 0.3) is 0 Å². The molecule has 0 spiro atoms. The van der Waals surface area contributed by atoms with Crippen LogP contribution in [0.3, 0.4) is 0 Å². The minimum atomic E-state index is -4.09. The van der Waals surface area contributed by atoms with Crippen LogP contribution in [-0.4, -0.2) is 24.9 Å². The summed E-state index contributed by atoms with van der Waals surface area (Å²) in [6.45, 7) is -0.00547. The number of fused-ring (bicyclic) bond motifs is 1. The molecule has 1 aliphatic carbocycles. The zero-order valence-electron chi connectivity index (χ0n) is 17.0. The Hall–Kier alpha value is -2.21. The molecule has 1 atom stereocenters. The summed E-state index contributed by atoms with van der Waals surface area (Å²) < 4.78 is 49.2. The van der Waals surface area contributed by atoms with Crippen molar-refractivity contribution in [1.82, 2.24) is 5.32 Å². The highest BCUT2D eigenvalue weighted by Gasteiger charge is 2.28. The SMILES string of the molecule is FC(F)(F)CCNC1CCC(Oc2ccc3c(c2)CCC(c2ccccc2)O3)CC1. The lowest BCUT2D eigenvalue weighted by atomic mass is 9.92. The molecule has 1 saturated carbocycles. The molecule has 1 unspecified atom stereocenters. The third-order valence-corrected chi connectivity index (χ3v) is 5.97. The molecule has 1 heterocycles. The second-order valence-electron chi connectivity index (χ2n) is 8.24. The smallest absolute Gasteiger partial charge is 0.390 e. The number of hydrogen-bond donors (Lipinski definition) is 1.